The zero-order chi connectivity index (χ0) is 17.5. The Morgan fingerprint density at radius 3 is 2.38 bits per heavy atom. The largest absolute Gasteiger partial charge is 0.491 e. The molecule has 5 heteroatoms. The second kappa shape index (κ2) is 8.60. The molecule has 4 nitrogen and oxygen atoms in total. The van der Waals surface area contributed by atoms with Crippen molar-refractivity contribution in [2.24, 2.45) is 0 Å². The third-order valence-corrected chi connectivity index (χ3v) is 3.45. The van der Waals surface area contributed by atoms with Crippen molar-refractivity contribution in [3.05, 3.63) is 53.6 Å². The van der Waals surface area contributed by atoms with Crippen LogP contribution in [0.5, 0.6) is 11.5 Å². The molecular formula is C19H22ClNO3. The van der Waals surface area contributed by atoms with Gasteiger partial charge >= 0.3 is 0 Å². The molecule has 1 atom stereocenters. The number of halogens is 1. The van der Waals surface area contributed by atoms with Crippen LogP contribution in [0.15, 0.2) is 48.5 Å². The van der Waals surface area contributed by atoms with Crippen LogP contribution in [0.2, 0.25) is 5.02 Å². The quantitative estimate of drug-likeness (QED) is 0.773. The van der Waals surface area contributed by atoms with Crippen LogP contribution in [0.25, 0.3) is 0 Å². The Balaban J connectivity index is 2.04. The van der Waals surface area contributed by atoms with Gasteiger partial charge < -0.3 is 14.8 Å². The number of ether oxygens (including phenoxy) is 2. The van der Waals surface area contributed by atoms with E-state index in [-0.39, 0.29) is 12.0 Å². The highest BCUT2D eigenvalue weighted by atomic mass is 35.5. The van der Waals surface area contributed by atoms with Gasteiger partial charge in [0.2, 0.25) is 0 Å². The van der Waals surface area contributed by atoms with Crippen LogP contribution in [-0.4, -0.2) is 18.1 Å². The Bertz CT molecular complexity index is 688. The molecular weight excluding hydrogens is 326 g/mol. The van der Waals surface area contributed by atoms with Crippen molar-refractivity contribution in [3.63, 3.8) is 0 Å². The van der Waals surface area contributed by atoms with Gasteiger partial charge in [0.1, 0.15) is 11.5 Å². The van der Waals surface area contributed by atoms with Gasteiger partial charge in [-0.15, -0.1) is 0 Å². The van der Waals surface area contributed by atoms with Crippen molar-refractivity contribution in [2.75, 3.05) is 5.32 Å². The van der Waals surface area contributed by atoms with Crippen molar-refractivity contribution in [1.82, 2.24) is 0 Å². The highest BCUT2D eigenvalue weighted by molar-refractivity contribution is 6.30. The van der Waals surface area contributed by atoms with Crippen molar-refractivity contribution in [2.45, 2.75) is 39.4 Å². The van der Waals surface area contributed by atoms with E-state index in [0.29, 0.717) is 28.6 Å². The molecule has 0 aliphatic rings. The zero-order valence-electron chi connectivity index (χ0n) is 14.1. The molecule has 0 aromatic heterocycles. The molecule has 0 spiro atoms. The van der Waals surface area contributed by atoms with Gasteiger partial charge in [0.25, 0.3) is 5.91 Å². The lowest BCUT2D eigenvalue weighted by atomic mass is 10.2. The minimum absolute atomic E-state index is 0.0745. The molecule has 2 aromatic carbocycles. The fraction of sp³-hybridized carbons (Fsp3) is 0.316. The first-order valence-corrected chi connectivity index (χ1v) is 8.35. The predicted octanol–water partition coefficient (Wildman–Crippen LogP) is 4.92. The summed E-state index contributed by atoms with van der Waals surface area (Å²) in [7, 11) is 0. The van der Waals surface area contributed by atoms with Gasteiger partial charge in [-0.05, 0) is 50.6 Å². The van der Waals surface area contributed by atoms with E-state index in [9.17, 15) is 4.79 Å². The van der Waals surface area contributed by atoms with Crippen LogP contribution in [0.4, 0.5) is 5.69 Å². The highest BCUT2D eigenvalue weighted by Gasteiger charge is 2.19. The van der Waals surface area contributed by atoms with Crippen molar-refractivity contribution >= 4 is 23.2 Å². The molecule has 2 aromatic rings. The fourth-order valence-electron chi connectivity index (χ4n) is 2.17. The number of hydrogen-bond donors (Lipinski definition) is 1. The summed E-state index contributed by atoms with van der Waals surface area (Å²) in [6.45, 7) is 5.81. The molecule has 24 heavy (non-hydrogen) atoms. The number of amides is 1. The second-order valence-corrected chi connectivity index (χ2v) is 6.09. The molecule has 0 saturated heterocycles. The van der Waals surface area contributed by atoms with E-state index in [4.69, 9.17) is 21.1 Å². The van der Waals surface area contributed by atoms with E-state index in [1.165, 1.54) is 0 Å². The first-order chi connectivity index (χ1) is 11.5. The molecule has 1 N–H and O–H groups in total. The van der Waals surface area contributed by atoms with E-state index in [1.54, 1.807) is 30.3 Å². The number of rotatable bonds is 7. The van der Waals surface area contributed by atoms with E-state index in [2.05, 4.69) is 5.32 Å². The number of nitrogens with one attached hydrogen (secondary N) is 1. The molecule has 0 aliphatic carbocycles. The normalized spacial score (nSPS) is 11.9. The predicted molar refractivity (Wildman–Crippen MR) is 97.0 cm³/mol. The second-order valence-electron chi connectivity index (χ2n) is 5.66. The third kappa shape index (κ3) is 5.46. The summed E-state index contributed by atoms with van der Waals surface area (Å²) in [4.78, 5) is 12.5. The summed E-state index contributed by atoms with van der Waals surface area (Å²) < 4.78 is 11.4. The van der Waals surface area contributed by atoms with Gasteiger partial charge in [-0.25, -0.2) is 0 Å². The highest BCUT2D eigenvalue weighted by Crippen LogP contribution is 2.21. The van der Waals surface area contributed by atoms with Crippen LogP contribution in [0, 0.1) is 0 Å². The molecule has 1 amide bonds. The van der Waals surface area contributed by atoms with Crippen molar-refractivity contribution in [3.8, 4) is 11.5 Å². The Hall–Kier alpha value is -2.20. The molecule has 0 bridgehead atoms. The molecule has 0 fully saturated rings. The minimum atomic E-state index is -0.599. The minimum Gasteiger partial charge on any atom is -0.491 e. The average molecular weight is 348 g/mol. The zero-order valence-corrected chi connectivity index (χ0v) is 14.8. The first kappa shape index (κ1) is 18.1. The lowest BCUT2D eigenvalue weighted by Gasteiger charge is -2.18. The SMILES string of the molecule is CC[C@@H](Oc1cccc(Cl)c1)C(=O)Nc1cccc(OC(C)C)c1. The standard InChI is InChI=1S/C19H22ClNO3/c1-4-18(24-16-9-5-7-14(20)11-16)19(22)21-15-8-6-10-17(12-15)23-13(2)3/h5-13,18H,4H2,1-3H3,(H,21,22)/t18-/m1/s1. The van der Waals surface area contributed by atoms with Crippen LogP contribution in [0.3, 0.4) is 0 Å². The maximum Gasteiger partial charge on any atom is 0.265 e. The Kier molecular flexibility index (Phi) is 6.50. The van der Waals surface area contributed by atoms with Gasteiger partial charge in [-0.3, -0.25) is 4.79 Å². The maximum absolute atomic E-state index is 12.5. The summed E-state index contributed by atoms with van der Waals surface area (Å²) in [5.41, 5.74) is 0.672. The lowest BCUT2D eigenvalue weighted by molar-refractivity contribution is -0.122. The molecule has 0 unspecified atom stereocenters. The molecule has 0 radical (unpaired) electrons. The Morgan fingerprint density at radius 1 is 1.08 bits per heavy atom. The maximum atomic E-state index is 12.5. The Morgan fingerprint density at radius 2 is 1.75 bits per heavy atom. The summed E-state index contributed by atoms with van der Waals surface area (Å²) >= 11 is 5.95. The molecule has 0 heterocycles. The van der Waals surface area contributed by atoms with Crippen LogP contribution < -0.4 is 14.8 Å². The molecule has 2 rings (SSSR count). The van der Waals surface area contributed by atoms with Crippen LogP contribution >= 0.6 is 11.6 Å². The number of anilines is 1. The van der Waals surface area contributed by atoms with Gasteiger partial charge in [0.15, 0.2) is 6.10 Å². The summed E-state index contributed by atoms with van der Waals surface area (Å²) in [6.07, 6.45) is 0.0178. The van der Waals surface area contributed by atoms with Crippen LogP contribution in [-0.2, 0) is 4.79 Å². The summed E-state index contributed by atoms with van der Waals surface area (Å²) in [6, 6.07) is 14.3. The third-order valence-electron chi connectivity index (χ3n) is 3.21. The van der Waals surface area contributed by atoms with E-state index < -0.39 is 6.10 Å². The summed E-state index contributed by atoms with van der Waals surface area (Å²) in [5.74, 6) is 1.08. The van der Waals surface area contributed by atoms with E-state index in [0.717, 1.165) is 0 Å². The first-order valence-electron chi connectivity index (χ1n) is 7.97. The average Bonchev–Trinajstić information content (AvgIpc) is 2.52. The number of hydrogen-bond acceptors (Lipinski definition) is 3. The monoisotopic (exact) mass is 347 g/mol. The summed E-state index contributed by atoms with van der Waals surface area (Å²) in [5, 5.41) is 3.44. The Labute approximate surface area is 147 Å². The molecule has 0 saturated carbocycles. The smallest absolute Gasteiger partial charge is 0.265 e. The van der Waals surface area contributed by atoms with Crippen molar-refractivity contribution < 1.29 is 14.3 Å². The van der Waals surface area contributed by atoms with Crippen molar-refractivity contribution in [1.29, 1.82) is 0 Å². The van der Waals surface area contributed by atoms with Gasteiger partial charge in [0.05, 0.1) is 6.10 Å². The van der Waals surface area contributed by atoms with Gasteiger partial charge in [-0.2, -0.15) is 0 Å². The molecule has 128 valence electrons. The number of benzene rings is 2. The molecule has 0 aliphatic heterocycles. The topological polar surface area (TPSA) is 47.6 Å². The van der Waals surface area contributed by atoms with Crippen LogP contribution in [0.1, 0.15) is 27.2 Å². The van der Waals surface area contributed by atoms with Gasteiger partial charge in [0, 0.05) is 16.8 Å². The van der Waals surface area contributed by atoms with Gasteiger partial charge in [-0.1, -0.05) is 30.7 Å². The number of carbonyl (C=O) groups is 1. The lowest BCUT2D eigenvalue weighted by Crippen LogP contribution is -2.32. The number of carbonyl (C=O) groups excluding carboxylic acids is 1. The fourth-order valence-corrected chi connectivity index (χ4v) is 2.35. The van der Waals surface area contributed by atoms with E-state index >= 15 is 0 Å². The van der Waals surface area contributed by atoms with E-state index in [1.807, 2.05) is 39.0 Å².